The topological polar surface area (TPSA) is 88.6 Å². The summed E-state index contributed by atoms with van der Waals surface area (Å²) in [6.07, 6.45) is 5.17. The van der Waals surface area contributed by atoms with E-state index in [4.69, 9.17) is 16.3 Å². The molecule has 34 heavy (non-hydrogen) atoms. The van der Waals surface area contributed by atoms with E-state index in [2.05, 4.69) is 10.3 Å². The van der Waals surface area contributed by atoms with Crippen LogP contribution in [0.4, 0.5) is 0 Å². The molecule has 0 aromatic carbocycles. The van der Waals surface area contributed by atoms with E-state index in [1.165, 1.54) is 11.3 Å². The van der Waals surface area contributed by atoms with Crippen molar-refractivity contribution in [2.24, 2.45) is 5.92 Å². The van der Waals surface area contributed by atoms with Crippen molar-refractivity contribution in [1.29, 1.82) is 0 Å². The van der Waals surface area contributed by atoms with Crippen molar-refractivity contribution in [3.8, 4) is 10.4 Å². The number of carbonyl (C=O) groups is 3. The fourth-order valence-electron chi connectivity index (χ4n) is 5.39. The highest BCUT2D eigenvalue weighted by Gasteiger charge is 2.53. The van der Waals surface area contributed by atoms with Gasteiger partial charge in [-0.3, -0.25) is 19.4 Å². The molecule has 1 aliphatic carbocycles. The van der Waals surface area contributed by atoms with Gasteiger partial charge in [0, 0.05) is 23.3 Å². The van der Waals surface area contributed by atoms with Crippen molar-refractivity contribution in [1.82, 2.24) is 15.2 Å². The van der Waals surface area contributed by atoms with E-state index in [1.807, 2.05) is 32.2 Å². The molecule has 0 unspecified atom stereocenters. The van der Waals surface area contributed by atoms with Crippen molar-refractivity contribution in [2.45, 2.75) is 63.1 Å². The number of thiophene rings is 1. The van der Waals surface area contributed by atoms with Gasteiger partial charge in [-0.25, -0.2) is 0 Å². The SMILES string of the molecule is Cc1cc(-c2ccc(C(=O)N[C@H](C(=O)N3C[C@H](Cl)[C@H]4OCC(=O)[C@H]43)C3CCCC3)s2)c(C)cn1. The second-order valence-corrected chi connectivity index (χ2v) is 11.1. The minimum absolute atomic E-state index is 0.0192. The number of aryl methyl sites for hydroxylation is 2. The zero-order valence-corrected chi connectivity index (χ0v) is 20.8. The van der Waals surface area contributed by atoms with E-state index < -0.39 is 23.6 Å². The number of hydrogen-bond donors (Lipinski definition) is 1. The van der Waals surface area contributed by atoms with Crippen LogP contribution in [0, 0.1) is 19.8 Å². The molecule has 4 heterocycles. The Morgan fingerprint density at radius 3 is 2.79 bits per heavy atom. The second-order valence-electron chi connectivity index (χ2n) is 9.49. The molecule has 2 amide bonds. The third kappa shape index (κ3) is 4.27. The molecule has 0 radical (unpaired) electrons. The van der Waals surface area contributed by atoms with Crippen LogP contribution in [0.15, 0.2) is 24.4 Å². The number of hydrogen-bond acceptors (Lipinski definition) is 6. The summed E-state index contributed by atoms with van der Waals surface area (Å²) in [4.78, 5) is 46.8. The van der Waals surface area contributed by atoms with Crippen LogP contribution in [0.2, 0.25) is 0 Å². The lowest BCUT2D eigenvalue weighted by atomic mass is 9.96. The van der Waals surface area contributed by atoms with Gasteiger partial charge in [-0.2, -0.15) is 0 Å². The molecule has 3 fully saturated rings. The van der Waals surface area contributed by atoms with Crippen LogP contribution in [0.25, 0.3) is 10.4 Å². The third-order valence-electron chi connectivity index (χ3n) is 7.16. The van der Waals surface area contributed by atoms with Gasteiger partial charge in [0.05, 0.1) is 10.3 Å². The molecule has 0 spiro atoms. The largest absolute Gasteiger partial charge is 0.366 e. The number of nitrogens with one attached hydrogen (secondary N) is 1. The Balaban J connectivity index is 1.37. The van der Waals surface area contributed by atoms with Crippen molar-refractivity contribution >= 4 is 40.5 Å². The predicted molar refractivity (Wildman–Crippen MR) is 130 cm³/mol. The molecular weight excluding hydrogens is 474 g/mol. The van der Waals surface area contributed by atoms with Gasteiger partial charge >= 0.3 is 0 Å². The first-order chi connectivity index (χ1) is 16.3. The fourth-order valence-corrected chi connectivity index (χ4v) is 6.73. The molecule has 0 bridgehead atoms. The molecule has 9 heteroatoms. The number of halogens is 1. The normalized spacial score (nSPS) is 25.6. The first-order valence-electron chi connectivity index (χ1n) is 11.8. The number of carbonyl (C=O) groups excluding carboxylic acids is 3. The molecule has 1 saturated carbocycles. The smallest absolute Gasteiger partial charge is 0.262 e. The number of alkyl halides is 1. The summed E-state index contributed by atoms with van der Waals surface area (Å²) in [6, 6.07) is 4.42. The van der Waals surface area contributed by atoms with Gasteiger partial charge < -0.3 is 15.0 Å². The Labute approximate surface area is 207 Å². The number of ether oxygens (including phenoxy) is 1. The van der Waals surface area contributed by atoms with Gasteiger partial charge in [-0.1, -0.05) is 12.8 Å². The van der Waals surface area contributed by atoms with Gasteiger partial charge in [-0.15, -0.1) is 22.9 Å². The van der Waals surface area contributed by atoms with Crippen LogP contribution in [-0.4, -0.2) is 64.2 Å². The highest BCUT2D eigenvalue weighted by molar-refractivity contribution is 7.17. The maximum atomic E-state index is 13.7. The Hall–Kier alpha value is -2.29. The molecule has 2 saturated heterocycles. The molecule has 4 atom stereocenters. The van der Waals surface area contributed by atoms with Crippen LogP contribution in [0.3, 0.4) is 0 Å². The number of nitrogens with zero attached hydrogens (tertiary/aromatic N) is 2. The minimum Gasteiger partial charge on any atom is -0.366 e. The Bertz CT molecular complexity index is 1130. The number of fused-ring (bicyclic) bond motifs is 1. The average molecular weight is 502 g/mol. The van der Waals surface area contributed by atoms with Crippen LogP contribution in [-0.2, 0) is 14.3 Å². The Kier molecular flexibility index (Phi) is 6.48. The predicted octanol–water partition coefficient (Wildman–Crippen LogP) is 3.50. The standard InChI is InChI=1S/C25H28ClN3O4S/c1-13-10-27-14(2)9-16(13)19-7-8-20(34-19)24(31)28-21(15-5-3-4-6-15)25(32)29-11-17(26)23-22(29)18(30)12-33-23/h7-10,15,17,21-23H,3-6,11-12H2,1-2H3,(H,28,31)/t17-,21-,22+,23+/m0/s1. The van der Waals surface area contributed by atoms with Crippen LogP contribution in [0.1, 0.15) is 46.6 Å². The van der Waals surface area contributed by atoms with E-state index in [0.29, 0.717) is 4.88 Å². The average Bonchev–Trinajstić information content (AvgIpc) is 3.60. The molecule has 2 aromatic heterocycles. The molecule has 180 valence electrons. The zero-order valence-electron chi connectivity index (χ0n) is 19.3. The summed E-state index contributed by atoms with van der Waals surface area (Å²) < 4.78 is 5.53. The van der Waals surface area contributed by atoms with Gasteiger partial charge in [0.15, 0.2) is 5.78 Å². The molecular formula is C25H28ClN3O4S. The fraction of sp³-hybridized carbons (Fsp3) is 0.520. The van der Waals surface area contributed by atoms with Crippen LogP contribution in [0.5, 0.6) is 0 Å². The second kappa shape index (κ2) is 9.40. The lowest BCUT2D eigenvalue weighted by molar-refractivity contribution is -0.139. The maximum Gasteiger partial charge on any atom is 0.262 e. The summed E-state index contributed by atoms with van der Waals surface area (Å²) in [6.45, 7) is 4.17. The lowest BCUT2D eigenvalue weighted by Crippen LogP contribution is -2.54. The van der Waals surface area contributed by atoms with Gasteiger partial charge in [0.2, 0.25) is 5.91 Å². The van der Waals surface area contributed by atoms with E-state index >= 15 is 0 Å². The number of amides is 2. The highest BCUT2D eigenvalue weighted by Crippen LogP contribution is 2.35. The zero-order chi connectivity index (χ0) is 24.0. The monoisotopic (exact) mass is 501 g/mol. The summed E-state index contributed by atoms with van der Waals surface area (Å²) in [5.74, 6) is -0.568. The van der Waals surface area contributed by atoms with Crippen molar-refractivity contribution in [3.05, 3.63) is 40.5 Å². The van der Waals surface area contributed by atoms with Crippen LogP contribution >= 0.6 is 22.9 Å². The summed E-state index contributed by atoms with van der Waals surface area (Å²) in [5, 5.41) is 2.60. The molecule has 2 aromatic rings. The van der Waals surface area contributed by atoms with E-state index in [-0.39, 0.29) is 36.7 Å². The maximum absolute atomic E-state index is 13.7. The van der Waals surface area contributed by atoms with E-state index in [9.17, 15) is 14.4 Å². The number of ketones is 1. The summed E-state index contributed by atoms with van der Waals surface area (Å²) in [5.41, 5.74) is 3.01. The van der Waals surface area contributed by atoms with Gasteiger partial charge in [-0.05, 0) is 61.9 Å². The van der Waals surface area contributed by atoms with Crippen LogP contribution < -0.4 is 5.32 Å². The Morgan fingerprint density at radius 2 is 2.03 bits per heavy atom. The number of likely N-dealkylation sites (tertiary alicyclic amines) is 1. The summed E-state index contributed by atoms with van der Waals surface area (Å²) >= 11 is 7.81. The van der Waals surface area contributed by atoms with Crippen molar-refractivity contribution in [3.63, 3.8) is 0 Å². The van der Waals surface area contributed by atoms with Crippen molar-refractivity contribution in [2.75, 3.05) is 13.2 Å². The van der Waals surface area contributed by atoms with Gasteiger partial charge in [0.1, 0.15) is 24.8 Å². The first kappa shape index (κ1) is 23.5. The number of rotatable bonds is 5. The molecule has 5 rings (SSSR count). The number of Topliss-reactive ketones (excluding diaryl/α,β-unsaturated/α-hetero) is 1. The highest BCUT2D eigenvalue weighted by atomic mass is 35.5. The Morgan fingerprint density at radius 1 is 1.26 bits per heavy atom. The van der Waals surface area contributed by atoms with Gasteiger partial charge in [0.25, 0.3) is 5.91 Å². The number of pyridine rings is 1. The summed E-state index contributed by atoms with van der Waals surface area (Å²) in [7, 11) is 0. The van der Waals surface area contributed by atoms with E-state index in [0.717, 1.165) is 47.4 Å². The molecule has 7 nitrogen and oxygen atoms in total. The quantitative estimate of drug-likeness (QED) is 0.633. The number of aromatic nitrogens is 1. The van der Waals surface area contributed by atoms with E-state index in [1.54, 1.807) is 11.0 Å². The first-order valence-corrected chi connectivity index (χ1v) is 13.0. The molecule has 2 aliphatic heterocycles. The molecule has 1 N–H and O–H groups in total. The van der Waals surface area contributed by atoms with Crippen molar-refractivity contribution < 1.29 is 19.1 Å². The minimum atomic E-state index is -0.679. The lowest BCUT2D eigenvalue weighted by Gasteiger charge is -2.30. The third-order valence-corrected chi connectivity index (χ3v) is 8.67. The molecule has 3 aliphatic rings.